The zero-order valence-electron chi connectivity index (χ0n) is 14.0. The van der Waals surface area contributed by atoms with Gasteiger partial charge in [-0.1, -0.05) is 28.1 Å². The van der Waals surface area contributed by atoms with Crippen LogP contribution in [0.4, 0.5) is 0 Å². The van der Waals surface area contributed by atoms with Crippen LogP contribution in [-0.4, -0.2) is 22.6 Å². The summed E-state index contributed by atoms with van der Waals surface area (Å²) < 4.78 is 17.5. The number of alkyl halides is 1. The number of halogens is 1. The molecule has 0 unspecified atom stereocenters. The Balaban J connectivity index is 2.19. The van der Waals surface area contributed by atoms with Crippen LogP contribution in [-0.2, 0) is 0 Å². The first-order valence-corrected chi connectivity index (χ1v) is 8.84. The Morgan fingerprint density at radius 2 is 2.00 bits per heavy atom. The molecule has 1 aromatic heterocycles. The Hall–Kier alpha value is -2.05. The molecule has 0 saturated heterocycles. The van der Waals surface area contributed by atoms with Gasteiger partial charge in [0.15, 0.2) is 5.58 Å². The number of aliphatic hydroxyl groups is 1. The second kappa shape index (κ2) is 5.47. The fourth-order valence-corrected chi connectivity index (χ4v) is 3.69. The monoisotopic (exact) mass is 404 g/mol. The molecule has 5 nitrogen and oxygen atoms in total. The van der Waals surface area contributed by atoms with E-state index >= 15 is 0 Å². The highest BCUT2D eigenvalue weighted by Crippen LogP contribution is 2.48. The van der Waals surface area contributed by atoms with E-state index in [0.717, 1.165) is 0 Å². The zero-order chi connectivity index (χ0) is 17.9. The summed E-state index contributed by atoms with van der Waals surface area (Å²) in [5.74, 6) is 0.820. The van der Waals surface area contributed by atoms with Gasteiger partial charge in [-0.3, -0.25) is 4.79 Å². The van der Waals surface area contributed by atoms with Crippen LogP contribution in [0.15, 0.2) is 39.5 Å². The molecule has 0 bridgehead atoms. The summed E-state index contributed by atoms with van der Waals surface area (Å²) in [4.78, 5) is 12.6. The minimum absolute atomic E-state index is 0.195. The summed E-state index contributed by atoms with van der Waals surface area (Å²) in [6.45, 7) is 3.76. The predicted molar refractivity (Wildman–Crippen MR) is 98.9 cm³/mol. The van der Waals surface area contributed by atoms with Crippen molar-refractivity contribution in [3.05, 3.63) is 46.1 Å². The number of rotatable bonds is 1. The normalized spacial score (nSPS) is 21.8. The van der Waals surface area contributed by atoms with Crippen molar-refractivity contribution in [2.75, 3.05) is 7.11 Å². The van der Waals surface area contributed by atoms with Gasteiger partial charge in [-0.15, -0.1) is 0 Å². The van der Waals surface area contributed by atoms with Gasteiger partial charge < -0.3 is 19.0 Å². The fraction of sp³-hybridized carbons (Fsp3) is 0.316. The van der Waals surface area contributed by atoms with Crippen molar-refractivity contribution in [3.63, 3.8) is 0 Å². The molecule has 0 spiro atoms. The van der Waals surface area contributed by atoms with Gasteiger partial charge in [-0.2, -0.15) is 0 Å². The van der Waals surface area contributed by atoms with Crippen molar-refractivity contribution in [2.45, 2.75) is 30.4 Å². The van der Waals surface area contributed by atoms with Gasteiger partial charge in [-0.25, -0.2) is 0 Å². The molecule has 1 aliphatic rings. The Bertz CT molecular complexity index is 1050. The van der Waals surface area contributed by atoms with Crippen LogP contribution in [0.5, 0.6) is 11.5 Å². The Morgan fingerprint density at radius 3 is 2.72 bits per heavy atom. The van der Waals surface area contributed by atoms with Gasteiger partial charge in [-0.05, 0) is 26.0 Å². The second-order valence-corrected chi connectivity index (χ2v) is 7.66. The van der Waals surface area contributed by atoms with Crippen LogP contribution >= 0.6 is 15.9 Å². The lowest BCUT2D eigenvalue weighted by Crippen LogP contribution is -2.45. The van der Waals surface area contributed by atoms with E-state index in [4.69, 9.17) is 13.9 Å². The van der Waals surface area contributed by atoms with Crippen molar-refractivity contribution in [1.29, 1.82) is 0 Å². The van der Waals surface area contributed by atoms with E-state index in [2.05, 4.69) is 15.9 Å². The maximum atomic E-state index is 13.0. The molecular formula is C19H17BrO5. The van der Waals surface area contributed by atoms with Crippen LogP contribution in [0.2, 0.25) is 0 Å². The molecule has 6 heteroatoms. The van der Waals surface area contributed by atoms with Crippen LogP contribution in [0, 0.1) is 0 Å². The quantitative estimate of drug-likeness (QED) is 0.491. The molecule has 0 fully saturated rings. The smallest absolute Gasteiger partial charge is 0.204 e. The van der Waals surface area contributed by atoms with Gasteiger partial charge in [0.25, 0.3) is 0 Å². The Kier molecular flexibility index (Phi) is 3.60. The number of para-hydroxylation sites is 1. The number of methoxy groups -OCH3 is 1. The highest BCUT2D eigenvalue weighted by molar-refractivity contribution is 9.09. The van der Waals surface area contributed by atoms with E-state index in [9.17, 15) is 9.90 Å². The molecule has 130 valence electrons. The lowest BCUT2D eigenvalue weighted by molar-refractivity contribution is 0.0229. The van der Waals surface area contributed by atoms with Crippen molar-refractivity contribution in [1.82, 2.24) is 0 Å². The van der Waals surface area contributed by atoms with Crippen LogP contribution in [0.25, 0.3) is 21.9 Å². The molecular weight excluding hydrogens is 388 g/mol. The summed E-state index contributed by atoms with van der Waals surface area (Å²) in [6.07, 6.45) is -0.892. The van der Waals surface area contributed by atoms with Gasteiger partial charge >= 0.3 is 0 Å². The minimum atomic E-state index is -0.892. The van der Waals surface area contributed by atoms with E-state index in [1.54, 1.807) is 30.3 Å². The highest BCUT2D eigenvalue weighted by Gasteiger charge is 2.44. The first-order valence-electron chi connectivity index (χ1n) is 7.92. The first kappa shape index (κ1) is 16.4. The second-order valence-electron chi connectivity index (χ2n) is 6.67. The molecule has 4 rings (SSSR count). The Morgan fingerprint density at radius 1 is 1.28 bits per heavy atom. The third kappa shape index (κ3) is 2.28. The van der Waals surface area contributed by atoms with Crippen molar-refractivity contribution in [2.24, 2.45) is 0 Å². The molecule has 2 heterocycles. The number of fused-ring (bicyclic) bond motifs is 4. The first-order chi connectivity index (χ1) is 11.8. The highest BCUT2D eigenvalue weighted by atomic mass is 79.9. The van der Waals surface area contributed by atoms with Gasteiger partial charge in [0.05, 0.1) is 22.9 Å². The third-order valence-corrected chi connectivity index (χ3v) is 6.25. The molecule has 1 N–H and O–H groups in total. The van der Waals surface area contributed by atoms with Gasteiger partial charge in [0.2, 0.25) is 5.43 Å². The summed E-state index contributed by atoms with van der Waals surface area (Å²) >= 11 is 3.51. The number of benzene rings is 2. The molecule has 0 radical (unpaired) electrons. The summed E-state index contributed by atoms with van der Waals surface area (Å²) in [5, 5.41) is 11.6. The number of hydrogen-bond acceptors (Lipinski definition) is 5. The number of ether oxygens (including phenoxy) is 2. The standard InChI is InChI=1S/C19H17BrO5/c1-19(2)18(20)16(22)14-12(25-19)8-11(23-3)13-15(21)9-6-4-5-7-10(9)24-17(13)14/h4-8,16,18,22H,1-3H3/t16-,18+/m0/s1. The van der Waals surface area contributed by atoms with Crippen molar-refractivity contribution < 1.29 is 19.0 Å². The van der Waals surface area contributed by atoms with Crippen LogP contribution in [0.1, 0.15) is 25.5 Å². The van der Waals surface area contributed by atoms with Crippen LogP contribution < -0.4 is 14.9 Å². The molecule has 25 heavy (non-hydrogen) atoms. The summed E-state index contributed by atoms with van der Waals surface area (Å²) in [6, 6.07) is 8.67. The number of hydrogen-bond donors (Lipinski definition) is 1. The molecule has 2 atom stereocenters. The van der Waals surface area contributed by atoms with Gasteiger partial charge in [0.1, 0.15) is 34.2 Å². The van der Waals surface area contributed by atoms with E-state index in [-0.39, 0.29) is 10.3 Å². The van der Waals surface area contributed by atoms with Crippen LogP contribution in [0.3, 0.4) is 0 Å². The van der Waals surface area contributed by atoms with E-state index < -0.39 is 11.7 Å². The molecule has 0 saturated carbocycles. The molecule has 3 aromatic rings. The average Bonchev–Trinajstić information content (AvgIpc) is 2.58. The van der Waals surface area contributed by atoms with E-state index in [1.807, 2.05) is 13.8 Å². The Labute approximate surface area is 152 Å². The maximum Gasteiger partial charge on any atom is 0.204 e. The van der Waals surface area contributed by atoms with Gasteiger partial charge in [0, 0.05) is 6.07 Å². The number of aliphatic hydroxyl groups excluding tert-OH is 1. The topological polar surface area (TPSA) is 68.9 Å². The largest absolute Gasteiger partial charge is 0.496 e. The zero-order valence-corrected chi connectivity index (χ0v) is 15.6. The van der Waals surface area contributed by atoms with Crippen molar-refractivity contribution >= 4 is 37.9 Å². The molecule has 1 aliphatic heterocycles. The summed E-state index contributed by atoms with van der Waals surface area (Å²) in [7, 11) is 1.49. The maximum absolute atomic E-state index is 13.0. The molecule has 2 aromatic carbocycles. The van der Waals surface area contributed by atoms with E-state index in [0.29, 0.717) is 39.0 Å². The minimum Gasteiger partial charge on any atom is -0.496 e. The predicted octanol–water partition coefficient (Wildman–Crippen LogP) is 3.92. The lowest BCUT2D eigenvalue weighted by atomic mass is 9.90. The fourth-order valence-electron chi connectivity index (χ4n) is 3.33. The van der Waals surface area contributed by atoms with Crippen molar-refractivity contribution in [3.8, 4) is 11.5 Å². The average molecular weight is 405 g/mol. The lowest BCUT2D eigenvalue weighted by Gasteiger charge is -2.40. The molecule has 0 amide bonds. The SMILES string of the molecule is COc1cc2c(c3oc4ccccc4c(=O)c13)[C@H](O)[C@@H](Br)C(C)(C)O2. The molecule has 0 aliphatic carbocycles. The summed E-state index contributed by atoms with van der Waals surface area (Å²) in [5.41, 5.74) is 0.381. The third-order valence-electron chi connectivity index (χ3n) is 4.65. The van der Waals surface area contributed by atoms with E-state index in [1.165, 1.54) is 7.11 Å².